The Kier molecular flexibility index (Phi) is 6.94. The average molecular weight is 293 g/mol. The second kappa shape index (κ2) is 7.67. The second-order valence-corrected chi connectivity index (χ2v) is 5.76. The van der Waals surface area contributed by atoms with Gasteiger partial charge in [-0.15, -0.1) is 0 Å². The van der Waals surface area contributed by atoms with E-state index in [9.17, 15) is 0 Å². The van der Waals surface area contributed by atoms with Crippen LogP contribution in [0.3, 0.4) is 0 Å². The molecular weight excluding hydrogens is 268 g/mol. The fourth-order valence-corrected chi connectivity index (χ4v) is 2.87. The minimum Gasteiger partial charge on any atom is -0.379 e. The Hall–Kier alpha value is 0.400. The summed E-state index contributed by atoms with van der Waals surface area (Å²) < 4.78 is 11.6. The average Bonchev–Trinajstić information content (AvgIpc) is 2.29. The maximum atomic E-state index is 6.03. The van der Waals surface area contributed by atoms with Gasteiger partial charge in [0.25, 0.3) is 0 Å². The quantitative estimate of drug-likeness (QED) is 0.525. The molecule has 0 N–H and O–H groups in total. The molecule has 2 nitrogen and oxygen atoms in total. The highest BCUT2D eigenvalue weighted by atomic mass is 79.9. The largest absolute Gasteiger partial charge is 0.379 e. The van der Waals surface area contributed by atoms with Gasteiger partial charge in [-0.25, -0.2) is 0 Å². The van der Waals surface area contributed by atoms with Gasteiger partial charge in [0.15, 0.2) is 0 Å². The van der Waals surface area contributed by atoms with Crippen LogP contribution in [0.15, 0.2) is 0 Å². The lowest BCUT2D eigenvalue weighted by atomic mass is 9.86. The van der Waals surface area contributed by atoms with Crippen LogP contribution in [0.2, 0.25) is 0 Å². The predicted molar refractivity (Wildman–Crippen MR) is 71.2 cm³/mol. The van der Waals surface area contributed by atoms with E-state index in [1.165, 1.54) is 32.1 Å². The molecule has 1 fully saturated rings. The Labute approximate surface area is 108 Å². The van der Waals surface area contributed by atoms with Gasteiger partial charge in [0.2, 0.25) is 0 Å². The summed E-state index contributed by atoms with van der Waals surface area (Å²) in [4.78, 5) is 0. The summed E-state index contributed by atoms with van der Waals surface area (Å²) in [7, 11) is 0. The highest BCUT2D eigenvalue weighted by Crippen LogP contribution is 2.33. The molecule has 0 bridgehead atoms. The van der Waals surface area contributed by atoms with Crippen LogP contribution in [-0.2, 0) is 9.47 Å². The van der Waals surface area contributed by atoms with Gasteiger partial charge in [0, 0.05) is 11.9 Å². The standard InChI is InChI=1S/C13H25BrO2/c1-12(2)10-15-8-9-16-13(11-14)6-4-3-5-7-13/h12H,3-11H2,1-2H3. The number of rotatable bonds is 7. The van der Waals surface area contributed by atoms with E-state index in [1.807, 2.05) is 0 Å². The summed E-state index contributed by atoms with van der Waals surface area (Å²) >= 11 is 3.59. The van der Waals surface area contributed by atoms with Crippen molar-refractivity contribution in [3.05, 3.63) is 0 Å². The zero-order valence-electron chi connectivity index (χ0n) is 10.6. The van der Waals surface area contributed by atoms with E-state index in [0.717, 1.165) is 25.2 Å². The molecule has 16 heavy (non-hydrogen) atoms. The molecule has 0 radical (unpaired) electrons. The van der Waals surface area contributed by atoms with E-state index in [2.05, 4.69) is 29.8 Å². The maximum Gasteiger partial charge on any atom is 0.0780 e. The van der Waals surface area contributed by atoms with Gasteiger partial charge in [-0.05, 0) is 18.8 Å². The van der Waals surface area contributed by atoms with Gasteiger partial charge in [0.05, 0.1) is 18.8 Å². The molecular formula is C13H25BrO2. The molecule has 0 saturated heterocycles. The van der Waals surface area contributed by atoms with Crippen LogP contribution in [0.5, 0.6) is 0 Å². The highest BCUT2D eigenvalue weighted by molar-refractivity contribution is 9.09. The predicted octanol–water partition coefficient (Wildman–Crippen LogP) is 3.77. The Bertz CT molecular complexity index is 177. The van der Waals surface area contributed by atoms with Crippen molar-refractivity contribution in [2.45, 2.75) is 51.6 Å². The van der Waals surface area contributed by atoms with Gasteiger partial charge < -0.3 is 9.47 Å². The lowest BCUT2D eigenvalue weighted by molar-refractivity contribution is -0.0738. The molecule has 0 aromatic heterocycles. The normalized spacial score (nSPS) is 20.2. The molecule has 0 aliphatic heterocycles. The van der Waals surface area contributed by atoms with E-state index in [1.54, 1.807) is 0 Å². The van der Waals surface area contributed by atoms with Crippen LogP contribution in [0.25, 0.3) is 0 Å². The number of hydrogen-bond acceptors (Lipinski definition) is 2. The molecule has 1 aliphatic rings. The van der Waals surface area contributed by atoms with E-state index >= 15 is 0 Å². The molecule has 1 rings (SSSR count). The summed E-state index contributed by atoms with van der Waals surface area (Å²) in [5.74, 6) is 0.611. The minimum absolute atomic E-state index is 0.0967. The molecule has 0 aromatic carbocycles. The first-order valence-electron chi connectivity index (χ1n) is 6.46. The Morgan fingerprint density at radius 3 is 2.38 bits per heavy atom. The van der Waals surface area contributed by atoms with Gasteiger partial charge in [-0.3, -0.25) is 0 Å². The molecule has 96 valence electrons. The van der Waals surface area contributed by atoms with E-state index in [-0.39, 0.29) is 5.60 Å². The molecule has 1 saturated carbocycles. The summed E-state index contributed by atoms with van der Waals surface area (Å²) in [6, 6.07) is 0. The van der Waals surface area contributed by atoms with Gasteiger partial charge in [-0.1, -0.05) is 49.0 Å². The summed E-state index contributed by atoms with van der Waals surface area (Å²) in [5, 5.41) is 0.962. The smallest absolute Gasteiger partial charge is 0.0780 e. The summed E-state index contributed by atoms with van der Waals surface area (Å²) in [5.41, 5.74) is 0.0967. The van der Waals surface area contributed by atoms with E-state index in [4.69, 9.17) is 9.47 Å². The number of alkyl halides is 1. The first kappa shape index (κ1) is 14.5. The van der Waals surface area contributed by atoms with Crippen LogP contribution >= 0.6 is 15.9 Å². The van der Waals surface area contributed by atoms with Crippen LogP contribution in [0.4, 0.5) is 0 Å². The lowest BCUT2D eigenvalue weighted by Gasteiger charge is -2.35. The number of halogens is 1. The van der Waals surface area contributed by atoms with Crippen molar-refractivity contribution in [1.82, 2.24) is 0 Å². The first-order valence-corrected chi connectivity index (χ1v) is 7.58. The van der Waals surface area contributed by atoms with Crippen molar-refractivity contribution in [2.24, 2.45) is 5.92 Å². The zero-order valence-corrected chi connectivity index (χ0v) is 12.2. The summed E-state index contributed by atoms with van der Waals surface area (Å²) in [6.07, 6.45) is 6.36. The third-order valence-electron chi connectivity index (χ3n) is 3.10. The van der Waals surface area contributed by atoms with Gasteiger partial charge in [0.1, 0.15) is 0 Å². The SMILES string of the molecule is CC(C)COCCOC1(CBr)CCCCC1. The molecule has 0 amide bonds. The first-order chi connectivity index (χ1) is 7.68. The van der Waals surface area contributed by atoms with E-state index < -0.39 is 0 Å². The Morgan fingerprint density at radius 2 is 1.81 bits per heavy atom. The number of ether oxygens (including phenoxy) is 2. The molecule has 0 spiro atoms. The lowest BCUT2D eigenvalue weighted by Crippen LogP contribution is -2.37. The van der Waals surface area contributed by atoms with Crippen LogP contribution in [0.1, 0.15) is 46.0 Å². The topological polar surface area (TPSA) is 18.5 Å². The second-order valence-electron chi connectivity index (χ2n) is 5.19. The van der Waals surface area contributed by atoms with Crippen LogP contribution in [0, 0.1) is 5.92 Å². The van der Waals surface area contributed by atoms with Crippen molar-refractivity contribution in [3.63, 3.8) is 0 Å². The minimum atomic E-state index is 0.0967. The third-order valence-corrected chi connectivity index (χ3v) is 4.12. The molecule has 1 aliphatic carbocycles. The summed E-state index contributed by atoms with van der Waals surface area (Å²) in [6.45, 7) is 6.64. The van der Waals surface area contributed by atoms with Crippen LogP contribution < -0.4 is 0 Å². The van der Waals surface area contributed by atoms with Gasteiger partial charge >= 0.3 is 0 Å². The van der Waals surface area contributed by atoms with Crippen molar-refractivity contribution < 1.29 is 9.47 Å². The third kappa shape index (κ3) is 5.15. The molecule has 0 unspecified atom stereocenters. The molecule has 0 atom stereocenters. The highest BCUT2D eigenvalue weighted by Gasteiger charge is 2.31. The van der Waals surface area contributed by atoms with Crippen molar-refractivity contribution >= 4 is 15.9 Å². The maximum absolute atomic E-state index is 6.03. The van der Waals surface area contributed by atoms with Crippen molar-refractivity contribution in [2.75, 3.05) is 25.2 Å². The van der Waals surface area contributed by atoms with Crippen molar-refractivity contribution in [3.8, 4) is 0 Å². The molecule has 0 aromatic rings. The fourth-order valence-electron chi connectivity index (χ4n) is 2.15. The van der Waals surface area contributed by atoms with E-state index in [0.29, 0.717) is 5.92 Å². The van der Waals surface area contributed by atoms with Crippen molar-refractivity contribution in [1.29, 1.82) is 0 Å². The zero-order chi connectivity index (χ0) is 11.9. The Morgan fingerprint density at radius 1 is 1.12 bits per heavy atom. The fraction of sp³-hybridized carbons (Fsp3) is 1.00. The Balaban J connectivity index is 2.13. The molecule has 3 heteroatoms. The van der Waals surface area contributed by atoms with Gasteiger partial charge in [-0.2, -0.15) is 0 Å². The molecule has 0 heterocycles. The van der Waals surface area contributed by atoms with Crippen LogP contribution in [-0.4, -0.2) is 30.8 Å². The monoisotopic (exact) mass is 292 g/mol. The number of hydrogen-bond donors (Lipinski definition) is 0.